The Hall–Kier alpha value is -1.36. The Labute approximate surface area is 183 Å². The third kappa shape index (κ3) is 6.33. The van der Waals surface area contributed by atoms with E-state index in [4.69, 9.17) is 4.74 Å². The molecule has 0 saturated carbocycles. The lowest BCUT2D eigenvalue weighted by atomic mass is 10.0. The number of aliphatic imine (C=N–C) groups is 1. The number of sulfone groups is 1. The minimum atomic E-state index is -2.91. The summed E-state index contributed by atoms with van der Waals surface area (Å²) in [6, 6.07) is 4.37. The van der Waals surface area contributed by atoms with E-state index in [1.807, 2.05) is 6.92 Å². The van der Waals surface area contributed by atoms with E-state index in [2.05, 4.69) is 22.2 Å². The number of benzene rings is 1. The molecule has 1 aromatic carbocycles. The number of nitrogens with zero attached hydrogens (tertiary/aromatic N) is 1. The minimum absolute atomic E-state index is 0. The Morgan fingerprint density at radius 1 is 1.39 bits per heavy atom. The first kappa shape index (κ1) is 22.9. The Balaban J connectivity index is 0.00000280. The van der Waals surface area contributed by atoms with Gasteiger partial charge in [0.25, 0.3) is 0 Å². The van der Waals surface area contributed by atoms with E-state index in [9.17, 15) is 12.8 Å². The van der Waals surface area contributed by atoms with Crippen LogP contribution in [-0.2, 0) is 9.84 Å². The number of hydrogen-bond acceptors (Lipinski definition) is 4. The molecule has 2 atom stereocenters. The molecule has 2 N–H and O–H groups in total. The molecule has 9 heteroatoms. The van der Waals surface area contributed by atoms with Gasteiger partial charge in [0.1, 0.15) is 11.6 Å². The molecule has 28 heavy (non-hydrogen) atoms. The van der Waals surface area contributed by atoms with Gasteiger partial charge in [0.15, 0.2) is 15.8 Å². The fourth-order valence-electron chi connectivity index (χ4n) is 3.32. The number of nitrogens with one attached hydrogen (secondary N) is 2. The number of halogens is 2. The van der Waals surface area contributed by atoms with Gasteiger partial charge >= 0.3 is 0 Å². The van der Waals surface area contributed by atoms with Crippen molar-refractivity contribution in [2.75, 3.05) is 31.2 Å². The van der Waals surface area contributed by atoms with Crippen molar-refractivity contribution in [2.24, 2.45) is 10.9 Å². The van der Waals surface area contributed by atoms with E-state index in [1.54, 1.807) is 6.07 Å². The van der Waals surface area contributed by atoms with Crippen molar-refractivity contribution in [1.29, 1.82) is 0 Å². The summed E-state index contributed by atoms with van der Waals surface area (Å²) in [5.74, 6) is 1.46. The summed E-state index contributed by atoms with van der Waals surface area (Å²) in [5, 5.41) is 6.59. The molecular weight excluding hydrogens is 496 g/mol. The van der Waals surface area contributed by atoms with Gasteiger partial charge in [-0.25, -0.2) is 17.8 Å². The van der Waals surface area contributed by atoms with Crippen molar-refractivity contribution in [3.8, 4) is 5.75 Å². The summed E-state index contributed by atoms with van der Waals surface area (Å²) in [4.78, 5) is 4.52. The quantitative estimate of drug-likeness (QED) is 0.269. The summed E-state index contributed by atoms with van der Waals surface area (Å²) < 4.78 is 42.6. The second kappa shape index (κ2) is 9.91. The van der Waals surface area contributed by atoms with Crippen LogP contribution in [0.3, 0.4) is 0 Å². The predicted molar refractivity (Wildman–Crippen MR) is 120 cm³/mol. The molecule has 3 rings (SSSR count). The number of hydrogen-bond donors (Lipinski definition) is 2. The lowest BCUT2D eigenvalue weighted by Gasteiger charge is -2.28. The van der Waals surface area contributed by atoms with Crippen LogP contribution >= 0.6 is 24.0 Å². The zero-order valence-electron chi connectivity index (χ0n) is 15.9. The molecule has 2 aliphatic heterocycles. The van der Waals surface area contributed by atoms with Crippen LogP contribution in [0.5, 0.6) is 5.75 Å². The molecule has 6 nitrogen and oxygen atoms in total. The first-order valence-corrected chi connectivity index (χ1v) is 11.0. The zero-order valence-corrected chi connectivity index (χ0v) is 19.1. The summed E-state index contributed by atoms with van der Waals surface area (Å²) >= 11 is 0. The van der Waals surface area contributed by atoms with E-state index < -0.39 is 9.84 Å². The molecule has 2 unspecified atom stereocenters. The monoisotopic (exact) mass is 523 g/mol. The van der Waals surface area contributed by atoms with Gasteiger partial charge in [0.2, 0.25) is 0 Å². The van der Waals surface area contributed by atoms with Gasteiger partial charge in [-0.2, -0.15) is 0 Å². The predicted octanol–water partition coefficient (Wildman–Crippen LogP) is 2.81. The molecule has 156 valence electrons. The highest BCUT2D eigenvalue weighted by Crippen LogP contribution is 2.32. The Bertz CT molecular complexity index is 845. The van der Waals surface area contributed by atoms with Crippen molar-refractivity contribution in [2.45, 2.75) is 25.8 Å². The topological polar surface area (TPSA) is 79.8 Å². The molecule has 0 aromatic heterocycles. The normalized spacial score (nSPS) is 23.1. The largest absolute Gasteiger partial charge is 0.493 e. The molecular formula is C19H27FIN3O3S. The van der Waals surface area contributed by atoms with Gasteiger partial charge in [-0.1, -0.05) is 12.2 Å². The maximum atomic E-state index is 13.7. The van der Waals surface area contributed by atoms with E-state index in [0.29, 0.717) is 44.2 Å². The molecule has 2 heterocycles. The molecule has 0 radical (unpaired) electrons. The van der Waals surface area contributed by atoms with Gasteiger partial charge in [0, 0.05) is 18.5 Å². The maximum absolute atomic E-state index is 13.7. The number of fused-ring (bicyclic) bond motifs is 1. The molecule has 1 saturated heterocycles. The number of ether oxygens (including phenoxy) is 1. The second-order valence-corrected chi connectivity index (χ2v) is 9.52. The van der Waals surface area contributed by atoms with Gasteiger partial charge < -0.3 is 15.4 Å². The molecule has 0 aliphatic carbocycles. The molecule has 0 bridgehead atoms. The lowest BCUT2D eigenvalue weighted by Crippen LogP contribution is -2.43. The van der Waals surface area contributed by atoms with Gasteiger partial charge in [0.05, 0.1) is 30.7 Å². The standard InChI is InChI=1S/C19H26FN3O3S.HI/c1-13(2)10-21-19(22-11-14-6-8-27(24,25)12-14)23-17-5-7-26-18-4-3-15(20)9-16(17)18;/h3-4,9,14,17H,1,5-8,10-12H2,2H3,(H2,21,22,23);1H. The van der Waals surface area contributed by atoms with Crippen LogP contribution in [0.15, 0.2) is 35.3 Å². The molecule has 1 aromatic rings. The smallest absolute Gasteiger partial charge is 0.192 e. The molecule has 2 aliphatic rings. The van der Waals surface area contributed by atoms with Crippen molar-refractivity contribution < 1.29 is 17.5 Å². The van der Waals surface area contributed by atoms with Gasteiger partial charge in [-0.3, -0.25) is 0 Å². The highest BCUT2D eigenvalue weighted by molar-refractivity contribution is 14.0. The van der Waals surface area contributed by atoms with E-state index in [0.717, 1.165) is 11.1 Å². The highest BCUT2D eigenvalue weighted by Gasteiger charge is 2.28. The minimum Gasteiger partial charge on any atom is -0.493 e. The van der Waals surface area contributed by atoms with Crippen LogP contribution in [-0.4, -0.2) is 45.6 Å². The molecule has 1 fully saturated rings. The van der Waals surface area contributed by atoms with Gasteiger partial charge in [-0.05, 0) is 37.5 Å². The lowest BCUT2D eigenvalue weighted by molar-refractivity contribution is 0.260. The van der Waals surface area contributed by atoms with Crippen LogP contribution in [0.1, 0.15) is 31.4 Å². The Kier molecular flexibility index (Phi) is 8.11. The second-order valence-electron chi connectivity index (χ2n) is 7.29. The fourth-order valence-corrected chi connectivity index (χ4v) is 5.18. The molecule has 0 spiro atoms. The fraction of sp³-hybridized carbons (Fsp3) is 0.526. The SMILES string of the molecule is C=C(C)CN=C(NCC1CCS(=O)(=O)C1)NC1CCOc2ccc(F)cc21.I. The van der Waals surface area contributed by atoms with Crippen molar-refractivity contribution in [1.82, 2.24) is 10.6 Å². The highest BCUT2D eigenvalue weighted by atomic mass is 127. The van der Waals surface area contributed by atoms with E-state index >= 15 is 0 Å². The number of guanidine groups is 1. The van der Waals surface area contributed by atoms with E-state index in [1.165, 1.54) is 12.1 Å². The van der Waals surface area contributed by atoms with Crippen LogP contribution in [0.2, 0.25) is 0 Å². The Morgan fingerprint density at radius 3 is 2.86 bits per heavy atom. The summed E-state index contributed by atoms with van der Waals surface area (Å²) in [5.41, 5.74) is 1.67. The van der Waals surface area contributed by atoms with E-state index in [-0.39, 0.29) is 53.3 Å². The molecule has 0 amide bonds. The van der Waals surface area contributed by atoms with Gasteiger partial charge in [-0.15, -0.1) is 24.0 Å². The Morgan fingerprint density at radius 2 is 2.18 bits per heavy atom. The average molecular weight is 523 g/mol. The van der Waals surface area contributed by atoms with Crippen LogP contribution in [0.25, 0.3) is 0 Å². The van der Waals surface area contributed by atoms with Crippen molar-refractivity contribution in [3.05, 3.63) is 41.7 Å². The maximum Gasteiger partial charge on any atom is 0.192 e. The van der Waals surface area contributed by atoms with Crippen molar-refractivity contribution in [3.63, 3.8) is 0 Å². The van der Waals surface area contributed by atoms with Crippen LogP contribution < -0.4 is 15.4 Å². The zero-order chi connectivity index (χ0) is 19.4. The van der Waals surface area contributed by atoms with Crippen molar-refractivity contribution >= 4 is 39.8 Å². The number of rotatable bonds is 5. The van der Waals surface area contributed by atoms with Crippen LogP contribution in [0, 0.1) is 11.7 Å². The summed E-state index contributed by atoms with van der Waals surface area (Å²) in [7, 11) is -2.91. The van der Waals surface area contributed by atoms with Crippen LogP contribution in [0.4, 0.5) is 4.39 Å². The third-order valence-corrected chi connectivity index (χ3v) is 6.55. The first-order valence-electron chi connectivity index (χ1n) is 9.14. The summed E-state index contributed by atoms with van der Waals surface area (Å²) in [6.07, 6.45) is 1.34. The summed E-state index contributed by atoms with van der Waals surface area (Å²) in [6.45, 7) is 7.28. The average Bonchev–Trinajstić information content (AvgIpc) is 2.96. The third-order valence-electron chi connectivity index (χ3n) is 4.71. The first-order chi connectivity index (χ1) is 12.8.